The van der Waals surface area contributed by atoms with Gasteiger partial charge in [0, 0.05) is 29.3 Å². The van der Waals surface area contributed by atoms with Gasteiger partial charge >= 0.3 is 0 Å². The van der Waals surface area contributed by atoms with Crippen LogP contribution in [0.1, 0.15) is 23.6 Å². The van der Waals surface area contributed by atoms with Gasteiger partial charge in [-0.25, -0.2) is 4.39 Å². The fraction of sp³-hybridized carbons (Fsp3) is 0.357. The maximum Gasteiger partial charge on any atom is 0.128 e. The second kappa shape index (κ2) is 6.30. The fourth-order valence-corrected chi connectivity index (χ4v) is 2.53. The standard InChI is InChI=1S/C14H17BrFN3/c1-17-14(6-3-10-8-18-19(2)9-10)12-7-11(15)4-5-13(12)16/h4-5,7-9,14,17H,3,6H2,1-2H3. The second-order valence-corrected chi connectivity index (χ2v) is 5.48. The number of hydrogen-bond acceptors (Lipinski definition) is 2. The summed E-state index contributed by atoms with van der Waals surface area (Å²) in [4.78, 5) is 0. The van der Waals surface area contributed by atoms with E-state index in [1.807, 2.05) is 32.6 Å². The van der Waals surface area contributed by atoms with Gasteiger partial charge in [-0.15, -0.1) is 0 Å². The number of benzene rings is 1. The van der Waals surface area contributed by atoms with Crippen molar-refractivity contribution in [3.05, 3.63) is 52.0 Å². The summed E-state index contributed by atoms with van der Waals surface area (Å²) < 4.78 is 16.5. The van der Waals surface area contributed by atoms with Gasteiger partial charge in [0.1, 0.15) is 5.82 Å². The van der Waals surface area contributed by atoms with E-state index in [9.17, 15) is 4.39 Å². The van der Waals surface area contributed by atoms with Gasteiger partial charge < -0.3 is 5.32 Å². The van der Waals surface area contributed by atoms with Crippen molar-refractivity contribution in [3.8, 4) is 0 Å². The van der Waals surface area contributed by atoms with Gasteiger partial charge in [-0.1, -0.05) is 15.9 Å². The molecular weight excluding hydrogens is 309 g/mol. The predicted octanol–water partition coefficient (Wildman–Crippen LogP) is 3.22. The van der Waals surface area contributed by atoms with Crippen LogP contribution in [0, 0.1) is 5.82 Å². The Balaban J connectivity index is 2.09. The summed E-state index contributed by atoms with van der Waals surface area (Å²) in [6.07, 6.45) is 5.54. The highest BCUT2D eigenvalue weighted by Crippen LogP contribution is 2.25. The molecule has 0 bridgehead atoms. The third-order valence-corrected chi connectivity index (χ3v) is 3.66. The molecular formula is C14H17BrFN3. The highest BCUT2D eigenvalue weighted by molar-refractivity contribution is 9.10. The first-order valence-electron chi connectivity index (χ1n) is 6.20. The van der Waals surface area contributed by atoms with Crippen molar-refractivity contribution in [1.29, 1.82) is 0 Å². The highest BCUT2D eigenvalue weighted by Gasteiger charge is 2.14. The Morgan fingerprint density at radius 3 is 2.89 bits per heavy atom. The topological polar surface area (TPSA) is 29.9 Å². The molecule has 0 radical (unpaired) electrons. The number of rotatable bonds is 5. The molecule has 0 amide bonds. The molecule has 1 aromatic carbocycles. The lowest BCUT2D eigenvalue weighted by Crippen LogP contribution is -2.18. The van der Waals surface area contributed by atoms with Crippen molar-refractivity contribution in [1.82, 2.24) is 15.1 Å². The highest BCUT2D eigenvalue weighted by atomic mass is 79.9. The second-order valence-electron chi connectivity index (χ2n) is 4.57. The molecule has 1 heterocycles. The largest absolute Gasteiger partial charge is 0.313 e. The Bertz CT molecular complexity index is 553. The molecule has 102 valence electrons. The summed E-state index contributed by atoms with van der Waals surface area (Å²) in [5.74, 6) is -0.172. The molecule has 0 aliphatic rings. The average molecular weight is 326 g/mol. The minimum atomic E-state index is -0.172. The first kappa shape index (κ1) is 14.2. The zero-order chi connectivity index (χ0) is 13.8. The SMILES string of the molecule is CNC(CCc1cnn(C)c1)c1cc(Br)ccc1F. The Morgan fingerprint density at radius 1 is 1.47 bits per heavy atom. The summed E-state index contributed by atoms with van der Waals surface area (Å²) in [7, 11) is 3.75. The molecule has 0 aliphatic heterocycles. The number of hydrogen-bond donors (Lipinski definition) is 1. The van der Waals surface area contributed by atoms with E-state index in [0.29, 0.717) is 5.56 Å². The van der Waals surface area contributed by atoms with Crippen molar-refractivity contribution in [2.45, 2.75) is 18.9 Å². The van der Waals surface area contributed by atoms with Crippen LogP contribution in [-0.2, 0) is 13.5 Å². The molecule has 1 aromatic heterocycles. The minimum Gasteiger partial charge on any atom is -0.313 e. The lowest BCUT2D eigenvalue weighted by Gasteiger charge is -2.17. The van der Waals surface area contributed by atoms with Crippen molar-refractivity contribution in [2.75, 3.05) is 7.05 Å². The monoisotopic (exact) mass is 325 g/mol. The van der Waals surface area contributed by atoms with E-state index in [1.54, 1.807) is 10.7 Å². The molecule has 2 rings (SSSR count). The van der Waals surface area contributed by atoms with E-state index in [4.69, 9.17) is 0 Å². The Labute approximate surface area is 121 Å². The lowest BCUT2D eigenvalue weighted by atomic mass is 10.00. The minimum absolute atomic E-state index is 0.00212. The van der Waals surface area contributed by atoms with Gasteiger partial charge in [-0.3, -0.25) is 4.68 Å². The fourth-order valence-electron chi connectivity index (χ4n) is 2.15. The molecule has 2 aromatic rings. The maximum atomic E-state index is 13.9. The molecule has 3 nitrogen and oxygen atoms in total. The van der Waals surface area contributed by atoms with E-state index in [-0.39, 0.29) is 11.9 Å². The van der Waals surface area contributed by atoms with Gasteiger partial charge in [-0.2, -0.15) is 5.10 Å². The van der Waals surface area contributed by atoms with Crippen molar-refractivity contribution < 1.29 is 4.39 Å². The van der Waals surface area contributed by atoms with Crippen LogP contribution in [0.25, 0.3) is 0 Å². The Hall–Kier alpha value is -1.20. The third kappa shape index (κ3) is 3.64. The first-order valence-corrected chi connectivity index (χ1v) is 6.99. The zero-order valence-corrected chi connectivity index (χ0v) is 12.6. The average Bonchev–Trinajstić information content (AvgIpc) is 2.80. The number of halogens is 2. The van der Waals surface area contributed by atoms with Crippen molar-refractivity contribution in [3.63, 3.8) is 0 Å². The van der Waals surface area contributed by atoms with Crippen LogP contribution in [0.5, 0.6) is 0 Å². The maximum absolute atomic E-state index is 13.9. The van der Waals surface area contributed by atoms with Crippen molar-refractivity contribution >= 4 is 15.9 Å². The van der Waals surface area contributed by atoms with E-state index in [2.05, 4.69) is 26.3 Å². The number of aromatic nitrogens is 2. The Morgan fingerprint density at radius 2 is 2.26 bits per heavy atom. The van der Waals surface area contributed by atoms with Crippen LogP contribution in [0.3, 0.4) is 0 Å². The van der Waals surface area contributed by atoms with Crippen LogP contribution < -0.4 is 5.32 Å². The molecule has 19 heavy (non-hydrogen) atoms. The summed E-state index contributed by atoms with van der Waals surface area (Å²) in [6, 6.07) is 5.04. The van der Waals surface area contributed by atoms with Gasteiger partial charge in [0.05, 0.1) is 6.20 Å². The summed E-state index contributed by atoms with van der Waals surface area (Å²) in [5.41, 5.74) is 1.86. The van der Waals surface area contributed by atoms with Crippen LogP contribution in [-0.4, -0.2) is 16.8 Å². The van der Waals surface area contributed by atoms with E-state index in [1.165, 1.54) is 6.07 Å². The molecule has 0 saturated heterocycles. The molecule has 0 fully saturated rings. The van der Waals surface area contributed by atoms with Gasteiger partial charge in [0.2, 0.25) is 0 Å². The summed E-state index contributed by atoms with van der Waals surface area (Å²) in [5, 5.41) is 7.31. The zero-order valence-electron chi connectivity index (χ0n) is 11.0. The molecule has 0 saturated carbocycles. The van der Waals surface area contributed by atoms with E-state index < -0.39 is 0 Å². The lowest BCUT2D eigenvalue weighted by molar-refractivity contribution is 0.508. The van der Waals surface area contributed by atoms with Gasteiger partial charge in [-0.05, 0) is 43.7 Å². The molecule has 1 atom stereocenters. The van der Waals surface area contributed by atoms with Crippen LogP contribution >= 0.6 is 15.9 Å². The molecule has 5 heteroatoms. The Kier molecular flexibility index (Phi) is 4.71. The first-order chi connectivity index (χ1) is 9.10. The van der Waals surface area contributed by atoms with Gasteiger partial charge in [0.15, 0.2) is 0 Å². The smallest absolute Gasteiger partial charge is 0.128 e. The quantitative estimate of drug-likeness (QED) is 0.914. The normalized spacial score (nSPS) is 12.6. The van der Waals surface area contributed by atoms with Crippen LogP contribution in [0.2, 0.25) is 0 Å². The van der Waals surface area contributed by atoms with Crippen LogP contribution in [0.4, 0.5) is 4.39 Å². The van der Waals surface area contributed by atoms with E-state index in [0.717, 1.165) is 22.9 Å². The molecule has 1 N–H and O–H groups in total. The van der Waals surface area contributed by atoms with Crippen molar-refractivity contribution in [2.24, 2.45) is 7.05 Å². The van der Waals surface area contributed by atoms with Crippen LogP contribution in [0.15, 0.2) is 35.1 Å². The number of nitrogens with one attached hydrogen (secondary N) is 1. The molecule has 0 aliphatic carbocycles. The molecule has 0 spiro atoms. The van der Waals surface area contributed by atoms with Gasteiger partial charge in [0.25, 0.3) is 0 Å². The third-order valence-electron chi connectivity index (χ3n) is 3.16. The summed E-state index contributed by atoms with van der Waals surface area (Å²) >= 11 is 3.39. The predicted molar refractivity (Wildman–Crippen MR) is 77.4 cm³/mol. The summed E-state index contributed by atoms with van der Waals surface area (Å²) in [6.45, 7) is 0. The molecule has 1 unspecified atom stereocenters. The number of aryl methyl sites for hydroxylation is 2. The van der Waals surface area contributed by atoms with E-state index >= 15 is 0 Å². The number of nitrogens with zero attached hydrogens (tertiary/aromatic N) is 2.